The topological polar surface area (TPSA) is 73.1 Å². The van der Waals surface area contributed by atoms with E-state index in [1.54, 1.807) is 18.2 Å². The summed E-state index contributed by atoms with van der Waals surface area (Å²) in [7, 11) is 0. The normalized spacial score (nSPS) is 16.9. The summed E-state index contributed by atoms with van der Waals surface area (Å²) in [4.78, 5) is 15.0. The van der Waals surface area contributed by atoms with Crippen LogP contribution in [0.15, 0.2) is 54.9 Å². The van der Waals surface area contributed by atoms with Crippen LogP contribution < -0.4 is 0 Å². The largest absolute Gasteiger partial charge is 0.375 e. The molecule has 0 aliphatic carbocycles. The van der Waals surface area contributed by atoms with Gasteiger partial charge in [-0.05, 0) is 47.0 Å². The van der Waals surface area contributed by atoms with Gasteiger partial charge in [0.25, 0.3) is 5.91 Å². The molecule has 1 unspecified atom stereocenters. The predicted octanol–water partition coefficient (Wildman–Crippen LogP) is 2.79. The van der Waals surface area contributed by atoms with E-state index >= 15 is 0 Å². The number of hydrogen-bond acceptors (Lipinski definition) is 5. The monoisotopic (exact) mass is 397 g/mol. The van der Waals surface area contributed by atoms with Gasteiger partial charge in [0, 0.05) is 18.1 Å². The minimum atomic E-state index is -0.0963. The van der Waals surface area contributed by atoms with Gasteiger partial charge in [-0.3, -0.25) is 4.79 Å². The minimum Gasteiger partial charge on any atom is -0.375 e. The number of hydrogen-bond donors (Lipinski definition) is 0. The number of aryl methyl sites for hydroxylation is 1. The van der Waals surface area contributed by atoms with E-state index in [0.29, 0.717) is 36.0 Å². The lowest BCUT2D eigenvalue weighted by atomic mass is 10.0. The molecule has 1 aliphatic rings. The van der Waals surface area contributed by atoms with Gasteiger partial charge in [0.05, 0.1) is 24.0 Å². The van der Waals surface area contributed by atoms with E-state index in [1.807, 2.05) is 23.1 Å². The summed E-state index contributed by atoms with van der Waals surface area (Å²) in [5.41, 5.74) is 2.35. The van der Waals surface area contributed by atoms with Crippen LogP contribution in [-0.2, 0) is 11.2 Å². The molecule has 1 fully saturated rings. The lowest BCUT2D eigenvalue weighted by Gasteiger charge is -2.33. The van der Waals surface area contributed by atoms with E-state index in [9.17, 15) is 4.79 Å². The first-order valence-corrected chi connectivity index (χ1v) is 9.56. The Balaban J connectivity index is 1.48. The zero-order chi connectivity index (χ0) is 19.3. The van der Waals surface area contributed by atoms with Crippen molar-refractivity contribution in [2.75, 3.05) is 19.7 Å². The molecule has 1 atom stereocenters. The molecule has 144 valence electrons. The molecule has 1 saturated heterocycles. The molecule has 0 spiro atoms. The van der Waals surface area contributed by atoms with Crippen molar-refractivity contribution >= 4 is 17.5 Å². The van der Waals surface area contributed by atoms with E-state index in [4.69, 9.17) is 16.3 Å². The number of tetrazole rings is 1. The molecule has 0 bridgehead atoms. The summed E-state index contributed by atoms with van der Waals surface area (Å²) in [6, 6.07) is 15.4. The maximum absolute atomic E-state index is 13.2. The smallest absolute Gasteiger partial charge is 0.256 e. The lowest BCUT2D eigenvalue weighted by Crippen LogP contribution is -2.46. The van der Waals surface area contributed by atoms with Gasteiger partial charge in [-0.1, -0.05) is 41.9 Å². The third-order valence-electron chi connectivity index (χ3n) is 4.81. The highest BCUT2D eigenvalue weighted by atomic mass is 35.5. The predicted molar refractivity (Wildman–Crippen MR) is 105 cm³/mol. The summed E-state index contributed by atoms with van der Waals surface area (Å²) >= 11 is 6.15. The van der Waals surface area contributed by atoms with E-state index in [0.717, 1.165) is 12.8 Å². The highest BCUT2D eigenvalue weighted by Crippen LogP contribution is 2.22. The molecular weight excluding hydrogens is 378 g/mol. The first-order valence-electron chi connectivity index (χ1n) is 9.18. The van der Waals surface area contributed by atoms with Crippen LogP contribution in [0.3, 0.4) is 0 Å². The van der Waals surface area contributed by atoms with Gasteiger partial charge in [0.2, 0.25) is 0 Å². The number of carbonyl (C=O) groups excluding carboxylic acids is 1. The Morgan fingerprint density at radius 3 is 2.86 bits per heavy atom. The molecule has 4 rings (SSSR count). The fraction of sp³-hybridized carbons (Fsp3) is 0.300. The molecule has 2 heterocycles. The van der Waals surface area contributed by atoms with Gasteiger partial charge in [0.15, 0.2) is 0 Å². The van der Waals surface area contributed by atoms with Crippen molar-refractivity contribution in [2.24, 2.45) is 0 Å². The quantitative estimate of drug-likeness (QED) is 0.662. The summed E-state index contributed by atoms with van der Waals surface area (Å²) in [5.74, 6) is -0.0963. The summed E-state index contributed by atoms with van der Waals surface area (Å²) in [5, 5.41) is 11.7. The number of aromatic nitrogens is 4. The Labute approximate surface area is 167 Å². The molecule has 28 heavy (non-hydrogen) atoms. The molecule has 2 aromatic carbocycles. The zero-order valence-electron chi connectivity index (χ0n) is 15.2. The Hall–Kier alpha value is -2.77. The molecular formula is C20H20ClN5O2. The van der Waals surface area contributed by atoms with Crippen LogP contribution in [0.25, 0.3) is 5.69 Å². The van der Waals surface area contributed by atoms with E-state index in [2.05, 4.69) is 27.7 Å². The standard InChI is InChI=1S/C20H20ClN5O2/c21-16-7-9-19(26-14-22-23-24-26)18(12-16)20(27)25-10-11-28-17(13-25)8-6-15-4-2-1-3-5-15/h1-5,7,9,12,14,17H,6,8,10-11,13H2. The van der Waals surface area contributed by atoms with Crippen molar-refractivity contribution in [3.8, 4) is 5.69 Å². The number of carbonyl (C=O) groups is 1. The summed E-state index contributed by atoms with van der Waals surface area (Å²) in [6.45, 7) is 1.61. The average Bonchev–Trinajstić information content (AvgIpc) is 3.27. The highest BCUT2D eigenvalue weighted by molar-refractivity contribution is 6.31. The molecule has 0 N–H and O–H groups in total. The van der Waals surface area contributed by atoms with Gasteiger partial charge < -0.3 is 9.64 Å². The Morgan fingerprint density at radius 2 is 2.07 bits per heavy atom. The molecule has 1 aliphatic heterocycles. The fourth-order valence-electron chi connectivity index (χ4n) is 3.37. The maximum atomic E-state index is 13.2. The molecule has 0 radical (unpaired) electrons. The van der Waals surface area contributed by atoms with Crippen LogP contribution in [0.1, 0.15) is 22.3 Å². The number of benzene rings is 2. The zero-order valence-corrected chi connectivity index (χ0v) is 16.0. The van der Waals surface area contributed by atoms with Crippen molar-refractivity contribution in [1.29, 1.82) is 0 Å². The van der Waals surface area contributed by atoms with Crippen molar-refractivity contribution in [2.45, 2.75) is 18.9 Å². The second kappa shape index (κ2) is 8.50. The fourth-order valence-corrected chi connectivity index (χ4v) is 3.54. The Morgan fingerprint density at radius 1 is 1.21 bits per heavy atom. The first kappa shape index (κ1) is 18.6. The van der Waals surface area contributed by atoms with Crippen LogP contribution in [0.2, 0.25) is 5.02 Å². The number of rotatable bonds is 5. The number of amides is 1. The molecule has 0 saturated carbocycles. The van der Waals surface area contributed by atoms with Crippen molar-refractivity contribution in [3.05, 3.63) is 71.0 Å². The SMILES string of the molecule is O=C(c1cc(Cl)ccc1-n1cnnn1)N1CCOC(CCc2ccccc2)C1. The average molecular weight is 398 g/mol. The number of halogens is 1. The van der Waals surface area contributed by atoms with Crippen molar-refractivity contribution < 1.29 is 9.53 Å². The highest BCUT2D eigenvalue weighted by Gasteiger charge is 2.27. The van der Waals surface area contributed by atoms with Crippen LogP contribution in [0.5, 0.6) is 0 Å². The number of morpholine rings is 1. The van der Waals surface area contributed by atoms with E-state index in [-0.39, 0.29) is 12.0 Å². The van der Waals surface area contributed by atoms with Crippen LogP contribution >= 0.6 is 11.6 Å². The molecule has 7 nitrogen and oxygen atoms in total. The first-order chi connectivity index (χ1) is 13.7. The van der Waals surface area contributed by atoms with Crippen LogP contribution in [0, 0.1) is 0 Å². The third-order valence-corrected chi connectivity index (χ3v) is 5.04. The van der Waals surface area contributed by atoms with Gasteiger partial charge in [-0.15, -0.1) is 5.10 Å². The number of ether oxygens (including phenoxy) is 1. The van der Waals surface area contributed by atoms with Crippen LogP contribution in [-0.4, -0.2) is 56.8 Å². The number of nitrogens with zero attached hydrogens (tertiary/aromatic N) is 5. The molecule has 1 aromatic heterocycles. The molecule has 8 heteroatoms. The maximum Gasteiger partial charge on any atom is 0.256 e. The Kier molecular flexibility index (Phi) is 5.64. The molecule has 3 aromatic rings. The minimum absolute atomic E-state index is 0.00794. The third kappa shape index (κ3) is 4.21. The Bertz CT molecular complexity index is 933. The van der Waals surface area contributed by atoms with Gasteiger partial charge >= 0.3 is 0 Å². The molecule has 1 amide bonds. The van der Waals surface area contributed by atoms with E-state index in [1.165, 1.54) is 16.6 Å². The van der Waals surface area contributed by atoms with Gasteiger partial charge in [-0.25, -0.2) is 0 Å². The second-order valence-corrected chi connectivity index (χ2v) is 7.12. The summed E-state index contributed by atoms with van der Waals surface area (Å²) in [6.07, 6.45) is 3.25. The second-order valence-electron chi connectivity index (χ2n) is 6.68. The van der Waals surface area contributed by atoms with Crippen molar-refractivity contribution in [3.63, 3.8) is 0 Å². The van der Waals surface area contributed by atoms with Gasteiger partial charge in [0.1, 0.15) is 6.33 Å². The lowest BCUT2D eigenvalue weighted by molar-refractivity contribution is -0.0246. The van der Waals surface area contributed by atoms with E-state index < -0.39 is 0 Å². The van der Waals surface area contributed by atoms with Crippen molar-refractivity contribution in [1.82, 2.24) is 25.1 Å². The van der Waals surface area contributed by atoms with Gasteiger partial charge in [-0.2, -0.15) is 4.68 Å². The van der Waals surface area contributed by atoms with Crippen LogP contribution in [0.4, 0.5) is 0 Å². The summed E-state index contributed by atoms with van der Waals surface area (Å²) < 4.78 is 7.35.